The molecule has 3 aromatic rings. The summed E-state index contributed by atoms with van der Waals surface area (Å²) in [6, 6.07) is 4.92. The number of anilines is 1. The monoisotopic (exact) mass is 386 g/mol. The molecule has 0 N–H and O–H groups in total. The Hall–Kier alpha value is -2.14. The Bertz CT molecular complexity index is 957. The van der Waals surface area contributed by atoms with Crippen LogP contribution < -0.4 is 4.90 Å². The Morgan fingerprint density at radius 1 is 1.26 bits per heavy atom. The van der Waals surface area contributed by atoms with E-state index in [1.165, 1.54) is 30.5 Å². The smallest absolute Gasteiger partial charge is 0.150 e. The lowest BCUT2D eigenvalue weighted by atomic mass is 10.1. The number of aromatic nitrogens is 3. The molecule has 0 saturated heterocycles. The molecular weight excluding hydrogens is 363 g/mol. The van der Waals surface area contributed by atoms with Gasteiger partial charge in [0.15, 0.2) is 0 Å². The largest absolute Gasteiger partial charge is 0.354 e. The molecule has 0 unspecified atom stereocenters. The predicted octanol–water partition coefficient (Wildman–Crippen LogP) is 5.72. The fourth-order valence-corrected chi connectivity index (χ4v) is 3.94. The van der Waals surface area contributed by atoms with E-state index >= 15 is 0 Å². The number of nitrogens with zero attached hydrogens (tertiary/aromatic N) is 4. The Kier molecular flexibility index (Phi) is 4.81. The summed E-state index contributed by atoms with van der Waals surface area (Å²) in [5.41, 5.74) is 2.75. The average Bonchev–Trinajstić information content (AvgIpc) is 3.38. The third-order valence-electron chi connectivity index (χ3n) is 5.09. The van der Waals surface area contributed by atoms with Crippen molar-refractivity contribution < 1.29 is 4.39 Å². The van der Waals surface area contributed by atoms with Gasteiger partial charge in [0.2, 0.25) is 0 Å². The van der Waals surface area contributed by atoms with E-state index in [2.05, 4.69) is 41.8 Å². The van der Waals surface area contributed by atoms with Crippen molar-refractivity contribution >= 4 is 28.5 Å². The summed E-state index contributed by atoms with van der Waals surface area (Å²) < 4.78 is 15.9. The molecule has 1 aromatic carbocycles. The third-order valence-corrected chi connectivity index (χ3v) is 5.31. The first-order chi connectivity index (χ1) is 13.0. The molecule has 0 spiro atoms. The molecule has 27 heavy (non-hydrogen) atoms. The standard InChI is InChI=1S/C21H24ClFN4/c1-4-7-26(13(2)3)20-19-18(14-5-6-14)11-27(21(19)25-12-24-20)17-9-15(22)8-16(23)10-17/h8-14H,4-7H2,1-3H3. The topological polar surface area (TPSA) is 34.0 Å². The van der Waals surface area contributed by atoms with Gasteiger partial charge in [0, 0.05) is 23.8 Å². The zero-order valence-corrected chi connectivity index (χ0v) is 16.7. The molecule has 2 heterocycles. The second-order valence-corrected chi connectivity index (χ2v) is 7.98. The van der Waals surface area contributed by atoms with Crippen molar-refractivity contribution in [3.8, 4) is 5.69 Å². The molecule has 0 amide bonds. The minimum Gasteiger partial charge on any atom is -0.354 e. The lowest BCUT2D eigenvalue weighted by Crippen LogP contribution is -2.32. The summed E-state index contributed by atoms with van der Waals surface area (Å²) in [6.45, 7) is 7.48. The van der Waals surface area contributed by atoms with E-state index in [9.17, 15) is 4.39 Å². The Morgan fingerprint density at radius 2 is 2.04 bits per heavy atom. The van der Waals surface area contributed by atoms with Crippen LogP contribution in [0.1, 0.15) is 51.5 Å². The van der Waals surface area contributed by atoms with Gasteiger partial charge in [-0.25, -0.2) is 14.4 Å². The minimum atomic E-state index is -0.351. The molecule has 2 aromatic heterocycles. The van der Waals surface area contributed by atoms with E-state index in [0.29, 0.717) is 22.7 Å². The van der Waals surface area contributed by atoms with Gasteiger partial charge in [0.05, 0.1) is 11.1 Å². The number of rotatable bonds is 6. The molecule has 0 bridgehead atoms. The molecule has 1 aliphatic carbocycles. The van der Waals surface area contributed by atoms with Gasteiger partial charge in [-0.3, -0.25) is 0 Å². The highest BCUT2D eigenvalue weighted by Gasteiger charge is 2.31. The number of fused-ring (bicyclic) bond motifs is 1. The lowest BCUT2D eigenvalue weighted by molar-refractivity contribution is 0.627. The van der Waals surface area contributed by atoms with Crippen LogP contribution in [0.3, 0.4) is 0 Å². The van der Waals surface area contributed by atoms with Crippen LogP contribution in [0.25, 0.3) is 16.7 Å². The molecule has 4 nitrogen and oxygen atoms in total. The summed E-state index contributed by atoms with van der Waals surface area (Å²) in [5.74, 6) is 1.15. The van der Waals surface area contributed by atoms with Crippen LogP contribution in [0, 0.1) is 5.82 Å². The summed E-state index contributed by atoms with van der Waals surface area (Å²) in [6.07, 6.45) is 7.09. The Balaban J connectivity index is 1.96. The number of hydrogen-bond donors (Lipinski definition) is 0. The van der Waals surface area contributed by atoms with E-state index in [1.807, 2.05) is 4.57 Å². The summed E-state index contributed by atoms with van der Waals surface area (Å²) in [7, 11) is 0. The summed E-state index contributed by atoms with van der Waals surface area (Å²) in [4.78, 5) is 11.6. The van der Waals surface area contributed by atoms with Crippen molar-refractivity contribution in [2.24, 2.45) is 0 Å². The maximum absolute atomic E-state index is 14.0. The van der Waals surface area contributed by atoms with Gasteiger partial charge in [-0.05, 0) is 62.8 Å². The maximum Gasteiger partial charge on any atom is 0.150 e. The zero-order chi connectivity index (χ0) is 19.1. The van der Waals surface area contributed by atoms with E-state index in [-0.39, 0.29) is 5.82 Å². The fourth-order valence-electron chi connectivity index (χ4n) is 3.72. The molecule has 1 fully saturated rings. The van der Waals surface area contributed by atoms with Crippen LogP contribution in [0.15, 0.2) is 30.7 Å². The third kappa shape index (κ3) is 3.41. The Labute approximate surface area is 164 Å². The van der Waals surface area contributed by atoms with Crippen molar-refractivity contribution in [1.29, 1.82) is 0 Å². The summed E-state index contributed by atoms with van der Waals surface area (Å²) in [5, 5.41) is 1.46. The van der Waals surface area contributed by atoms with Gasteiger partial charge >= 0.3 is 0 Å². The highest BCUT2D eigenvalue weighted by Crippen LogP contribution is 2.46. The molecule has 0 atom stereocenters. The van der Waals surface area contributed by atoms with Gasteiger partial charge < -0.3 is 9.47 Å². The summed E-state index contributed by atoms with van der Waals surface area (Å²) >= 11 is 6.10. The predicted molar refractivity (Wildman–Crippen MR) is 109 cm³/mol. The van der Waals surface area contributed by atoms with Gasteiger partial charge in [-0.2, -0.15) is 0 Å². The van der Waals surface area contributed by atoms with Crippen molar-refractivity contribution in [2.45, 2.75) is 52.0 Å². The van der Waals surface area contributed by atoms with Gasteiger partial charge in [-0.15, -0.1) is 0 Å². The highest BCUT2D eigenvalue weighted by molar-refractivity contribution is 6.30. The van der Waals surface area contributed by atoms with Gasteiger partial charge in [0.1, 0.15) is 23.6 Å². The van der Waals surface area contributed by atoms with Crippen LogP contribution in [-0.4, -0.2) is 27.1 Å². The number of benzene rings is 1. The van der Waals surface area contributed by atoms with Crippen molar-refractivity contribution in [3.05, 3.63) is 47.1 Å². The quantitative estimate of drug-likeness (QED) is 0.543. The van der Waals surface area contributed by atoms with E-state index < -0.39 is 0 Å². The zero-order valence-electron chi connectivity index (χ0n) is 15.9. The first-order valence-corrected chi connectivity index (χ1v) is 9.96. The highest BCUT2D eigenvalue weighted by atomic mass is 35.5. The van der Waals surface area contributed by atoms with Crippen LogP contribution in [-0.2, 0) is 0 Å². The van der Waals surface area contributed by atoms with Crippen LogP contribution >= 0.6 is 11.6 Å². The molecule has 4 rings (SSSR count). The number of hydrogen-bond acceptors (Lipinski definition) is 3. The molecule has 0 aliphatic heterocycles. The molecular formula is C21H24ClFN4. The van der Waals surface area contributed by atoms with Crippen LogP contribution in [0.2, 0.25) is 5.02 Å². The molecule has 0 radical (unpaired) electrons. The fraction of sp³-hybridized carbons (Fsp3) is 0.429. The second-order valence-electron chi connectivity index (χ2n) is 7.54. The first-order valence-electron chi connectivity index (χ1n) is 9.58. The first kappa shape index (κ1) is 18.2. The lowest BCUT2D eigenvalue weighted by Gasteiger charge is -2.28. The van der Waals surface area contributed by atoms with E-state index in [0.717, 1.165) is 29.8 Å². The van der Waals surface area contributed by atoms with E-state index in [4.69, 9.17) is 11.6 Å². The van der Waals surface area contributed by atoms with Crippen molar-refractivity contribution in [2.75, 3.05) is 11.4 Å². The van der Waals surface area contributed by atoms with E-state index in [1.54, 1.807) is 12.4 Å². The number of halogens is 2. The van der Waals surface area contributed by atoms with Crippen molar-refractivity contribution in [3.63, 3.8) is 0 Å². The minimum absolute atomic E-state index is 0.335. The van der Waals surface area contributed by atoms with Gasteiger partial charge in [-0.1, -0.05) is 18.5 Å². The molecule has 6 heteroatoms. The van der Waals surface area contributed by atoms with Crippen molar-refractivity contribution in [1.82, 2.24) is 14.5 Å². The van der Waals surface area contributed by atoms with Gasteiger partial charge in [0.25, 0.3) is 0 Å². The molecule has 1 saturated carbocycles. The average molecular weight is 387 g/mol. The molecule has 142 valence electrons. The Morgan fingerprint density at radius 3 is 2.67 bits per heavy atom. The normalized spacial score (nSPS) is 14.3. The SMILES string of the molecule is CCCN(c1ncnc2c1c(C1CC1)cn2-c1cc(F)cc(Cl)c1)C(C)C. The molecule has 1 aliphatic rings. The maximum atomic E-state index is 14.0. The second kappa shape index (κ2) is 7.12. The van der Waals surface area contributed by atoms with Crippen LogP contribution in [0.4, 0.5) is 10.2 Å². The van der Waals surface area contributed by atoms with Crippen LogP contribution in [0.5, 0.6) is 0 Å².